The van der Waals surface area contributed by atoms with Gasteiger partial charge in [0.25, 0.3) is 10.0 Å². The summed E-state index contributed by atoms with van der Waals surface area (Å²) in [4.78, 5) is 4.44. The Balaban J connectivity index is 1.87. The molecule has 0 saturated carbocycles. The van der Waals surface area contributed by atoms with Gasteiger partial charge in [0.2, 0.25) is 0 Å². The molecule has 0 fully saturated rings. The maximum Gasteiger partial charge on any atom is 0.255 e. The van der Waals surface area contributed by atoms with Crippen LogP contribution in [0.5, 0.6) is 0 Å². The van der Waals surface area contributed by atoms with Gasteiger partial charge in [0.05, 0.1) is 11.1 Å². The molecule has 7 heteroatoms. The van der Waals surface area contributed by atoms with Crippen molar-refractivity contribution in [1.82, 2.24) is 15.2 Å². The highest BCUT2D eigenvalue weighted by molar-refractivity contribution is 7.95. The molecule has 0 bridgehead atoms. The zero-order valence-electron chi connectivity index (χ0n) is 14.5. The minimum absolute atomic E-state index is 0.203. The van der Waals surface area contributed by atoms with Crippen LogP contribution in [0.4, 0.5) is 5.69 Å². The van der Waals surface area contributed by atoms with Crippen molar-refractivity contribution >= 4 is 21.8 Å². The van der Waals surface area contributed by atoms with Gasteiger partial charge < -0.3 is 0 Å². The van der Waals surface area contributed by atoms with E-state index < -0.39 is 10.0 Å². The number of para-hydroxylation sites is 1. The van der Waals surface area contributed by atoms with Gasteiger partial charge in [-0.1, -0.05) is 56.3 Å². The third-order valence-electron chi connectivity index (χ3n) is 3.71. The Morgan fingerprint density at radius 1 is 1.04 bits per heavy atom. The fraction of sp³-hybridized carbons (Fsp3) is 0.158. The van der Waals surface area contributed by atoms with E-state index in [-0.39, 0.29) is 5.92 Å². The number of hydrogen-bond donors (Lipinski definition) is 2. The van der Waals surface area contributed by atoms with E-state index in [1.807, 2.05) is 50.2 Å². The van der Waals surface area contributed by atoms with Crippen LogP contribution in [0.15, 0.2) is 60.0 Å². The first-order valence-corrected chi connectivity index (χ1v) is 9.77. The molecule has 0 aliphatic heterocycles. The molecule has 0 unspecified atom stereocenters. The zero-order chi connectivity index (χ0) is 18.6. The van der Waals surface area contributed by atoms with Crippen molar-refractivity contribution in [2.75, 3.05) is 4.72 Å². The van der Waals surface area contributed by atoms with Crippen molar-refractivity contribution in [1.29, 1.82) is 0 Å². The number of nitrogens with zero attached hydrogens (tertiary/aromatic N) is 2. The van der Waals surface area contributed by atoms with Crippen molar-refractivity contribution < 1.29 is 8.42 Å². The highest BCUT2D eigenvalue weighted by Crippen LogP contribution is 2.27. The third-order valence-corrected chi connectivity index (χ3v) is 4.71. The van der Waals surface area contributed by atoms with Crippen molar-refractivity contribution in [3.05, 3.63) is 71.4 Å². The number of aromatic amines is 1. The number of sulfonamides is 1. The molecule has 0 atom stereocenters. The van der Waals surface area contributed by atoms with Crippen LogP contribution in [0.25, 0.3) is 17.5 Å². The number of aromatic nitrogens is 3. The quantitative estimate of drug-likeness (QED) is 0.688. The Morgan fingerprint density at radius 2 is 1.73 bits per heavy atom. The van der Waals surface area contributed by atoms with Crippen LogP contribution in [0, 0.1) is 0 Å². The van der Waals surface area contributed by atoms with Crippen LogP contribution in [0.1, 0.15) is 31.2 Å². The Bertz CT molecular complexity index is 1010. The first-order valence-electron chi connectivity index (χ1n) is 8.22. The lowest BCUT2D eigenvalue weighted by Crippen LogP contribution is -2.10. The Hall–Kier alpha value is -2.93. The molecule has 2 aromatic carbocycles. The van der Waals surface area contributed by atoms with Gasteiger partial charge in [-0.05, 0) is 23.8 Å². The maximum atomic E-state index is 12.4. The lowest BCUT2D eigenvalue weighted by atomic mass is 10.1. The van der Waals surface area contributed by atoms with Gasteiger partial charge >= 0.3 is 0 Å². The first-order chi connectivity index (χ1) is 12.4. The van der Waals surface area contributed by atoms with Crippen LogP contribution in [0.2, 0.25) is 0 Å². The smallest absolute Gasteiger partial charge is 0.255 e. The lowest BCUT2D eigenvalue weighted by molar-refractivity contribution is 0.609. The molecule has 0 aliphatic rings. The molecule has 1 heterocycles. The Kier molecular flexibility index (Phi) is 5.18. The van der Waals surface area contributed by atoms with Gasteiger partial charge in [0.1, 0.15) is 5.82 Å². The summed E-state index contributed by atoms with van der Waals surface area (Å²) in [6, 6.07) is 16.3. The minimum atomic E-state index is -3.67. The van der Waals surface area contributed by atoms with Crippen LogP contribution in [0.3, 0.4) is 0 Å². The average Bonchev–Trinajstić information content (AvgIpc) is 3.11. The highest BCUT2D eigenvalue weighted by Gasteiger charge is 2.15. The largest absolute Gasteiger partial charge is 0.279 e. The molecule has 0 radical (unpaired) electrons. The number of hydrogen-bond acceptors (Lipinski definition) is 4. The predicted octanol–water partition coefficient (Wildman–Crippen LogP) is 4.01. The van der Waals surface area contributed by atoms with Crippen molar-refractivity contribution in [2.24, 2.45) is 0 Å². The number of nitrogens with one attached hydrogen (secondary N) is 2. The molecular weight excluding hydrogens is 348 g/mol. The van der Waals surface area contributed by atoms with Gasteiger partial charge in [-0.2, -0.15) is 5.10 Å². The fourth-order valence-corrected chi connectivity index (χ4v) is 3.23. The second kappa shape index (κ2) is 7.53. The van der Waals surface area contributed by atoms with E-state index in [0.29, 0.717) is 17.1 Å². The van der Waals surface area contributed by atoms with Gasteiger partial charge in [-0.15, -0.1) is 0 Å². The van der Waals surface area contributed by atoms with E-state index in [1.54, 1.807) is 24.3 Å². The van der Waals surface area contributed by atoms with E-state index in [4.69, 9.17) is 0 Å². The van der Waals surface area contributed by atoms with Crippen molar-refractivity contribution in [3.63, 3.8) is 0 Å². The summed E-state index contributed by atoms with van der Waals surface area (Å²) >= 11 is 0. The monoisotopic (exact) mass is 368 g/mol. The Morgan fingerprint density at radius 3 is 2.42 bits per heavy atom. The lowest BCUT2D eigenvalue weighted by Gasteiger charge is -2.08. The SMILES string of the molecule is CC(C)c1nc(-c2ccccc2NS(=O)(=O)/C=C/c2ccccc2)n[nH]1. The van der Waals surface area contributed by atoms with E-state index in [2.05, 4.69) is 19.9 Å². The summed E-state index contributed by atoms with van der Waals surface area (Å²) in [7, 11) is -3.67. The maximum absolute atomic E-state index is 12.4. The number of rotatable bonds is 6. The molecule has 0 aliphatic carbocycles. The normalized spacial score (nSPS) is 12.0. The number of H-pyrrole nitrogens is 1. The summed E-state index contributed by atoms with van der Waals surface area (Å²) in [5.74, 6) is 1.41. The molecule has 0 amide bonds. The topological polar surface area (TPSA) is 87.7 Å². The molecule has 0 spiro atoms. The van der Waals surface area contributed by atoms with Crippen LogP contribution in [-0.2, 0) is 10.0 Å². The minimum Gasteiger partial charge on any atom is -0.279 e. The van der Waals surface area contributed by atoms with Crippen molar-refractivity contribution in [3.8, 4) is 11.4 Å². The summed E-state index contributed by atoms with van der Waals surface area (Å²) in [6.07, 6.45) is 1.55. The van der Waals surface area contributed by atoms with Gasteiger partial charge in [0, 0.05) is 11.5 Å². The summed E-state index contributed by atoms with van der Waals surface area (Å²) < 4.78 is 27.4. The summed E-state index contributed by atoms with van der Waals surface area (Å²) in [5.41, 5.74) is 1.86. The zero-order valence-corrected chi connectivity index (χ0v) is 15.4. The second-order valence-corrected chi connectivity index (χ2v) is 7.67. The third kappa shape index (κ3) is 4.37. The van der Waals surface area contributed by atoms with Crippen LogP contribution in [-0.4, -0.2) is 23.6 Å². The highest BCUT2D eigenvalue weighted by atomic mass is 32.2. The molecular formula is C19H20N4O2S. The molecule has 2 N–H and O–H groups in total. The average molecular weight is 368 g/mol. The molecule has 3 rings (SSSR count). The second-order valence-electron chi connectivity index (χ2n) is 6.11. The summed E-state index contributed by atoms with van der Waals surface area (Å²) in [5, 5.41) is 8.24. The van der Waals surface area contributed by atoms with E-state index in [9.17, 15) is 8.42 Å². The van der Waals surface area contributed by atoms with Gasteiger partial charge in [-0.25, -0.2) is 13.4 Å². The summed E-state index contributed by atoms with van der Waals surface area (Å²) in [6.45, 7) is 4.01. The van der Waals surface area contributed by atoms with Gasteiger partial charge in [-0.3, -0.25) is 9.82 Å². The van der Waals surface area contributed by atoms with E-state index in [1.165, 1.54) is 0 Å². The standard InChI is InChI=1S/C19H20N4O2S/c1-14(2)18-20-19(22-21-18)16-10-6-7-11-17(16)23-26(24,25)13-12-15-8-4-3-5-9-15/h3-14,23H,1-2H3,(H,20,21,22)/b13-12+. The van der Waals surface area contributed by atoms with Crippen molar-refractivity contribution in [2.45, 2.75) is 19.8 Å². The van der Waals surface area contributed by atoms with Crippen LogP contribution >= 0.6 is 0 Å². The fourth-order valence-electron chi connectivity index (χ4n) is 2.34. The van der Waals surface area contributed by atoms with Gasteiger partial charge in [0.15, 0.2) is 5.82 Å². The molecule has 26 heavy (non-hydrogen) atoms. The molecule has 1 aromatic heterocycles. The molecule has 134 valence electrons. The molecule has 3 aromatic rings. The molecule has 6 nitrogen and oxygen atoms in total. The number of anilines is 1. The predicted molar refractivity (Wildman–Crippen MR) is 104 cm³/mol. The number of benzene rings is 2. The van der Waals surface area contributed by atoms with E-state index in [0.717, 1.165) is 16.8 Å². The Labute approximate surface area is 153 Å². The molecule has 0 saturated heterocycles. The van der Waals surface area contributed by atoms with Crippen LogP contribution < -0.4 is 4.72 Å². The van der Waals surface area contributed by atoms with E-state index >= 15 is 0 Å². The first kappa shape index (κ1) is 17.9.